The molecule has 2 rings (SSSR count). The molecule has 2 heterocycles. The van der Waals surface area contributed by atoms with Crippen molar-refractivity contribution in [2.45, 2.75) is 26.8 Å². The van der Waals surface area contributed by atoms with Crippen LogP contribution in [0.1, 0.15) is 17.4 Å². The first-order chi connectivity index (χ1) is 7.63. The van der Waals surface area contributed by atoms with Gasteiger partial charge in [-0.05, 0) is 26.3 Å². The van der Waals surface area contributed by atoms with Gasteiger partial charge in [0.15, 0.2) is 0 Å². The number of fused-ring (bicyclic) bond motifs is 1. The number of nitrogens with zero attached hydrogens (tertiary/aromatic N) is 2. The third-order valence-electron chi connectivity index (χ3n) is 2.57. The summed E-state index contributed by atoms with van der Waals surface area (Å²) in [7, 11) is 0. The quantitative estimate of drug-likeness (QED) is 0.808. The molecule has 0 saturated carbocycles. The summed E-state index contributed by atoms with van der Waals surface area (Å²) in [5, 5.41) is 4.30. The van der Waals surface area contributed by atoms with Crippen molar-refractivity contribution in [2.75, 3.05) is 5.32 Å². The molecule has 1 atom stereocenters. The molecule has 1 N–H and O–H groups in total. The molecule has 0 aliphatic carbocycles. The molecule has 0 radical (unpaired) electrons. The van der Waals surface area contributed by atoms with Gasteiger partial charge in [0, 0.05) is 4.88 Å². The van der Waals surface area contributed by atoms with E-state index in [4.69, 9.17) is 6.42 Å². The molecule has 0 aliphatic rings. The van der Waals surface area contributed by atoms with Crippen molar-refractivity contribution in [3.8, 4) is 12.3 Å². The molecule has 0 spiro atoms. The molecule has 0 saturated heterocycles. The fourth-order valence-electron chi connectivity index (χ4n) is 1.54. The van der Waals surface area contributed by atoms with E-state index in [-0.39, 0.29) is 6.04 Å². The molecule has 0 aliphatic heterocycles. The largest absolute Gasteiger partial charge is 0.356 e. The first kappa shape index (κ1) is 10.9. The van der Waals surface area contributed by atoms with Crippen LogP contribution in [0.3, 0.4) is 0 Å². The molecule has 0 bridgehead atoms. The van der Waals surface area contributed by atoms with Gasteiger partial charge in [-0.3, -0.25) is 0 Å². The number of aryl methyl sites for hydroxylation is 2. The van der Waals surface area contributed by atoms with E-state index in [9.17, 15) is 0 Å². The highest BCUT2D eigenvalue weighted by Gasteiger charge is 2.12. The van der Waals surface area contributed by atoms with Crippen molar-refractivity contribution in [1.82, 2.24) is 9.97 Å². The van der Waals surface area contributed by atoms with Gasteiger partial charge in [0.1, 0.15) is 17.0 Å². The molecule has 16 heavy (non-hydrogen) atoms. The van der Waals surface area contributed by atoms with E-state index in [0.717, 1.165) is 16.0 Å². The molecule has 82 valence electrons. The minimum absolute atomic E-state index is 0.0299. The Balaban J connectivity index is 2.57. The Labute approximate surface area is 98.9 Å². The van der Waals surface area contributed by atoms with Crippen LogP contribution >= 0.6 is 11.3 Å². The number of anilines is 1. The smallest absolute Gasteiger partial charge is 0.139 e. The second-order valence-electron chi connectivity index (χ2n) is 3.72. The Morgan fingerprint density at radius 2 is 2.19 bits per heavy atom. The van der Waals surface area contributed by atoms with Gasteiger partial charge in [-0.2, -0.15) is 0 Å². The van der Waals surface area contributed by atoms with Crippen molar-refractivity contribution in [1.29, 1.82) is 0 Å². The Morgan fingerprint density at radius 1 is 1.44 bits per heavy atom. The predicted molar refractivity (Wildman–Crippen MR) is 68.8 cm³/mol. The highest BCUT2D eigenvalue weighted by molar-refractivity contribution is 7.18. The van der Waals surface area contributed by atoms with Crippen molar-refractivity contribution in [3.05, 3.63) is 16.8 Å². The highest BCUT2D eigenvalue weighted by Crippen LogP contribution is 2.32. The monoisotopic (exact) mass is 231 g/mol. The maximum absolute atomic E-state index is 5.35. The van der Waals surface area contributed by atoms with Gasteiger partial charge in [0.2, 0.25) is 0 Å². The highest BCUT2D eigenvalue weighted by atomic mass is 32.1. The topological polar surface area (TPSA) is 37.8 Å². The van der Waals surface area contributed by atoms with E-state index >= 15 is 0 Å². The lowest BCUT2D eigenvalue weighted by molar-refractivity contribution is 1.01. The average molecular weight is 231 g/mol. The SMILES string of the molecule is C#CC(C)Nc1ncnc2sc(C)c(C)c12. The third kappa shape index (κ3) is 1.74. The summed E-state index contributed by atoms with van der Waals surface area (Å²) in [6.07, 6.45) is 6.93. The Bertz CT molecular complexity index is 565. The summed E-state index contributed by atoms with van der Waals surface area (Å²) in [6.45, 7) is 6.11. The summed E-state index contributed by atoms with van der Waals surface area (Å²) in [6, 6.07) is -0.0299. The van der Waals surface area contributed by atoms with E-state index in [0.29, 0.717) is 0 Å². The van der Waals surface area contributed by atoms with E-state index in [2.05, 4.69) is 35.1 Å². The van der Waals surface area contributed by atoms with Crippen molar-refractivity contribution in [3.63, 3.8) is 0 Å². The van der Waals surface area contributed by atoms with Gasteiger partial charge >= 0.3 is 0 Å². The third-order valence-corrected chi connectivity index (χ3v) is 3.68. The van der Waals surface area contributed by atoms with Gasteiger partial charge in [0.05, 0.1) is 11.4 Å². The van der Waals surface area contributed by atoms with E-state index in [1.807, 2.05) is 6.92 Å². The van der Waals surface area contributed by atoms with Crippen LogP contribution in [-0.2, 0) is 0 Å². The van der Waals surface area contributed by atoms with Crippen molar-refractivity contribution >= 4 is 27.4 Å². The van der Waals surface area contributed by atoms with E-state index in [1.165, 1.54) is 10.4 Å². The lowest BCUT2D eigenvalue weighted by Crippen LogP contribution is -2.13. The normalized spacial score (nSPS) is 12.4. The summed E-state index contributed by atoms with van der Waals surface area (Å²) >= 11 is 1.68. The maximum atomic E-state index is 5.35. The summed E-state index contributed by atoms with van der Waals surface area (Å²) in [5.74, 6) is 3.47. The zero-order chi connectivity index (χ0) is 11.7. The Kier molecular flexibility index (Phi) is 2.80. The molecular formula is C12H13N3S. The van der Waals surface area contributed by atoms with Gasteiger partial charge in [-0.25, -0.2) is 9.97 Å². The minimum Gasteiger partial charge on any atom is -0.356 e. The molecule has 2 aromatic rings. The molecule has 0 aromatic carbocycles. The summed E-state index contributed by atoms with van der Waals surface area (Å²) in [5.41, 5.74) is 1.23. The molecule has 1 unspecified atom stereocenters. The zero-order valence-corrected chi connectivity index (χ0v) is 10.4. The number of hydrogen-bond acceptors (Lipinski definition) is 4. The summed E-state index contributed by atoms with van der Waals surface area (Å²) < 4.78 is 0. The Hall–Kier alpha value is -1.60. The van der Waals surface area contributed by atoms with E-state index in [1.54, 1.807) is 17.7 Å². The van der Waals surface area contributed by atoms with Gasteiger partial charge in [0.25, 0.3) is 0 Å². The summed E-state index contributed by atoms with van der Waals surface area (Å²) in [4.78, 5) is 10.8. The van der Waals surface area contributed by atoms with Crippen LogP contribution in [0.5, 0.6) is 0 Å². The van der Waals surface area contributed by atoms with E-state index < -0.39 is 0 Å². The van der Waals surface area contributed by atoms with Crippen LogP contribution in [0, 0.1) is 26.2 Å². The average Bonchev–Trinajstić information content (AvgIpc) is 2.56. The Morgan fingerprint density at radius 3 is 2.88 bits per heavy atom. The standard InChI is InChI=1S/C12H13N3S/c1-5-7(2)15-11-10-8(3)9(4)16-12(10)14-6-13-11/h1,6-7H,2-4H3,(H,13,14,15). The zero-order valence-electron chi connectivity index (χ0n) is 9.53. The van der Waals surface area contributed by atoms with Crippen LogP contribution in [-0.4, -0.2) is 16.0 Å². The molecule has 2 aromatic heterocycles. The second-order valence-corrected chi connectivity index (χ2v) is 4.92. The maximum Gasteiger partial charge on any atom is 0.139 e. The molecule has 0 fully saturated rings. The van der Waals surface area contributed by atoms with Crippen LogP contribution < -0.4 is 5.32 Å². The lowest BCUT2D eigenvalue weighted by atomic mass is 10.2. The number of aromatic nitrogens is 2. The number of terminal acetylenes is 1. The van der Waals surface area contributed by atoms with Gasteiger partial charge < -0.3 is 5.32 Å². The van der Waals surface area contributed by atoms with Gasteiger partial charge in [-0.1, -0.05) is 5.92 Å². The van der Waals surface area contributed by atoms with Crippen molar-refractivity contribution in [2.24, 2.45) is 0 Å². The van der Waals surface area contributed by atoms with Gasteiger partial charge in [-0.15, -0.1) is 17.8 Å². The molecule has 0 amide bonds. The van der Waals surface area contributed by atoms with Crippen LogP contribution in [0.4, 0.5) is 5.82 Å². The first-order valence-electron chi connectivity index (χ1n) is 5.07. The van der Waals surface area contributed by atoms with Crippen LogP contribution in [0.2, 0.25) is 0 Å². The first-order valence-corrected chi connectivity index (χ1v) is 5.88. The lowest BCUT2D eigenvalue weighted by Gasteiger charge is -2.09. The number of thiophene rings is 1. The fourth-order valence-corrected chi connectivity index (χ4v) is 2.54. The molecular weight excluding hydrogens is 218 g/mol. The number of nitrogens with one attached hydrogen (secondary N) is 1. The van der Waals surface area contributed by atoms with Crippen LogP contribution in [0.25, 0.3) is 10.2 Å². The number of rotatable bonds is 2. The van der Waals surface area contributed by atoms with Crippen LogP contribution in [0.15, 0.2) is 6.33 Å². The fraction of sp³-hybridized carbons (Fsp3) is 0.333. The number of hydrogen-bond donors (Lipinski definition) is 1. The molecule has 4 heteroatoms. The molecule has 3 nitrogen and oxygen atoms in total. The second kappa shape index (κ2) is 4.11. The minimum atomic E-state index is -0.0299. The van der Waals surface area contributed by atoms with Crippen molar-refractivity contribution < 1.29 is 0 Å². The predicted octanol–water partition coefficient (Wildman–Crippen LogP) is 2.74.